The lowest BCUT2D eigenvalue weighted by molar-refractivity contribution is -0.137. The molecule has 160 valence electrons. The van der Waals surface area contributed by atoms with Crippen molar-refractivity contribution in [1.82, 2.24) is 10.3 Å². The summed E-state index contributed by atoms with van der Waals surface area (Å²) in [6, 6.07) is 0.684. The van der Waals surface area contributed by atoms with Crippen LogP contribution in [0.4, 0.5) is 10.2 Å². The van der Waals surface area contributed by atoms with Gasteiger partial charge in [-0.25, -0.2) is 14.2 Å². The van der Waals surface area contributed by atoms with Crippen LogP contribution >= 0.6 is 0 Å². The van der Waals surface area contributed by atoms with Gasteiger partial charge in [-0.1, -0.05) is 33.1 Å². The predicted octanol–water partition coefficient (Wildman–Crippen LogP) is 3.93. The molecular weight excluding hydrogens is 373 g/mol. The van der Waals surface area contributed by atoms with Crippen molar-refractivity contribution < 1.29 is 18.7 Å². The maximum atomic E-state index is 14.5. The fourth-order valence-electron chi connectivity index (χ4n) is 3.43. The number of carbonyl (C=O) groups is 2. The van der Waals surface area contributed by atoms with E-state index in [1.165, 1.54) is 43.7 Å². The van der Waals surface area contributed by atoms with Gasteiger partial charge in [-0.2, -0.15) is 0 Å². The highest BCUT2D eigenvalue weighted by atomic mass is 19.1. The van der Waals surface area contributed by atoms with Crippen LogP contribution < -0.4 is 10.6 Å². The molecule has 1 aliphatic rings. The van der Waals surface area contributed by atoms with Crippen molar-refractivity contribution in [3.05, 3.63) is 29.7 Å². The van der Waals surface area contributed by atoms with Crippen molar-refractivity contribution in [2.75, 3.05) is 18.5 Å². The van der Waals surface area contributed by atoms with Gasteiger partial charge in [-0.3, -0.25) is 4.79 Å². The van der Waals surface area contributed by atoms with Crippen LogP contribution in [-0.2, 0) is 14.3 Å². The van der Waals surface area contributed by atoms with Gasteiger partial charge in [0, 0.05) is 18.8 Å². The number of hydrogen-bond donors (Lipinski definition) is 2. The highest BCUT2D eigenvalue weighted by Crippen LogP contribution is 2.23. The van der Waals surface area contributed by atoms with Crippen LogP contribution in [0.25, 0.3) is 6.08 Å². The van der Waals surface area contributed by atoms with Gasteiger partial charge in [0.25, 0.3) is 0 Å². The van der Waals surface area contributed by atoms with E-state index in [1.807, 2.05) is 13.8 Å². The van der Waals surface area contributed by atoms with Gasteiger partial charge in [-0.05, 0) is 49.3 Å². The topological polar surface area (TPSA) is 80.3 Å². The zero-order chi connectivity index (χ0) is 21.2. The lowest BCUT2D eigenvalue weighted by atomic mass is 9.89. The second-order valence-corrected chi connectivity index (χ2v) is 7.80. The molecule has 0 spiro atoms. The molecule has 1 aromatic rings. The maximum absolute atomic E-state index is 14.5. The van der Waals surface area contributed by atoms with Gasteiger partial charge in [0.05, 0.1) is 6.61 Å². The van der Waals surface area contributed by atoms with Crippen LogP contribution in [-0.4, -0.2) is 36.1 Å². The Morgan fingerprint density at radius 2 is 2.03 bits per heavy atom. The molecule has 1 heterocycles. The molecule has 0 saturated heterocycles. The molecule has 1 aromatic heterocycles. The Morgan fingerprint density at radius 3 is 2.66 bits per heavy atom. The lowest BCUT2D eigenvalue weighted by Gasteiger charge is -2.26. The van der Waals surface area contributed by atoms with Crippen molar-refractivity contribution in [1.29, 1.82) is 0 Å². The number of ether oxygens (including phenoxy) is 1. The Hall–Kier alpha value is -2.44. The van der Waals surface area contributed by atoms with Crippen LogP contribution in [0.15, 0.2) is 18.3 Å². The molecule has 1 aliphatic carbocycles. The van der Waals surface area contributed by atoms with E-state index in [1.54, 1.807) is 6.92 Å². The molecule has 2 N–H and O–H groups in total. The molecule has 0 aromatic carbocycles. The standard InChI is InChI=1S/C22H32FN3O3/c1-4-29-19(27)11-10-17-12-18(23)21(24-14-17)26-20(15(2)3)22(28)25-13-16-8-6-5-7-9-16/h10-12,14-16,20H,4-9,13H2,1-3H3,(H,24,26)(H,25,28)/t20-/m1/s1. The molecule has 1 saturated carbocycles. The third kappa shape index (κ3) is 7.48. The number of aromatic nitrogens is 1. The second kappa shape index (κ2) is 11.5. The van der Waals surface area contributed by atoms with E-state index in [4.69, 9.17) is 4.74 Å². The Morgan fingerprint density at radius 1 is 1.31 bits per heavy atom. The van der Waals surface area contributed by atoms with Crippen molar-refractivity contribution in [2.45, 2.75) is 58.9 Å². The molecule has 0 radical (unpaired) electrons. The van der Waals surface area contributed by atoms with E-state index in [9.17, 15) is 14.0 Å². The summed E-state index contributed by atoms with van der Waals surface area (Å²) in [6.45, 7) is 6.47. The molecule has 1 atom stereocenters. The number of halogens is 1. The van der Waals surface area contributed by atoms with Crippen LogP contribution in [0.3, 0.4) is 0 Å². The molecule has 1 amide bonds. The number of amides is 1. The van der Waals surface area contributed by atoms with Crippen molar-refractivity contribution in [2.24, 2.45) is 11.8 Å². The van der Waals surface area contributed by atoms with Crippen LogP contribution in [0.5, 0.6) is 0 Å². The van der Waals surface area contributed by atoms with Gasteiger partial charge < -0.3 is 15.4 Å². The average Bonchev–Trinajstić information content (AvgIpc) is 2.70. The largest absolute Gasteiger partial charge is 0.463 e. The lowest BCUT2D eigenvalue weighted by Crippen LogP contribution is -2.45. The molecule has 29 heavy (non-hydrogen) atoms. The van der Waals surface area contributed by atoms with Crippen LogP contribution in [0.1, 0.15) is 58.4 Å². The van der Waals surface area contributed by atoms with E-state index in [-0.39, 0.29) is 24.2 Å². The first-order valence-electron chi connectivity index (χ1n) is 10.4. The van der Waals surface area contributed by atoms with E-state index in [2.05, 4.69) is 15.6 Å². The minimum atomic E-state index is -0.582. The van der Waals surface area contributed by atoms with Crippen LogP contribution in [0, 0.1) is 17.7 Å². The highest BCUT2D eigenvalue weighted by Gasteiger charge is 2.24. The number of nitrogens with zero attached hydrogens (tertiary/aromatic N) is 1. The maximum Gasteiger partial charge on any atom is 0.330 e. The highest BCUT2D eigenvalue weighted by molar-refractivity contribution is 5.87. The minimum Gasteiger partial charge on any atom is -0.463 e. The molecule has 2 rings (SSSR count). The second-order valence-electron chi connectivity index (χ2n) is 7.80. The summed E-state index contributed by atoms with van der Waals surface area (Å²) in [4.78, 5) is 28.1. The summed E-state index contributed by atoms with van der Waals surface area (Å²) in [6.07, 6.45) is 10.1. The Bertz CT molecular complexity index is 715. The van der Waals surface area contributed by atoms with E-state index in [0.717, 1.165) is 12.8 Å². The van der Waals surface area contributed by atoms with Gasteiger partial charge in [0.2, 0.25) is 5.91 Å². The number of nitrogens with one attached hydrogen (secondary N) is 2. The number of hydrogen-bond acceptors (Lipinski definition) is 5. The summed E-state index contributed by atoms with van der Waals surface area (Å²) < 4.78 is 19.3. The summed E-state index contributed by atoms with van der Waals surface area (Å²) in [5, 5.41) is 5.95. The van der Waals surface area contributed by atoms with Gasteiger partial charge in [-0.15, -0.1) is 0 Å². The Balaban J connectivity index is 1.98. The molecule has 7 heteroatoms. The molecule has 1 fully saturated rings. The zero-order valence-corrected chi connectivity index (χ0v) is 17.5. The Labute approximate surface area is 172 Å². The van der Waals surface area contributed by atoms with Crippen LogP contribution in [0.2, 0.25) is 0 Å². The summed E-state index contributed by atoms with van der Waals surface area (Å²) >= 11 is 0. The van der Waals surface area contributed by atoms with Crippen molar-refractivity contribution in [3.63, 3.8) is 0 Å². The summed E-state index contributed by atoms with van der Waals surface area (Å²) in [5.74, 6) is -0.707. The predicted molar refractivity (Wildman–Crippen MR) is 112 cm³/mol. The average molecular weight is 406 g/mol. The smallest absolute Gasteiger partial charge is 0.330 e. The number of carbonyl (C=O) groups excluding carboxylic acids is 2. The quantitative estimate of drug-likeness (QED) is 0.481. The molecule has 6 nitrogen and oxygen atoms in total. The van der Waals surface area contributed by atoms with Crippen molar-refractivity contribution >= 4 is 23.8 Å². The van der Waals surface area contributed by atoms with Gasteiger partial charge >= 0.3 is 5.97 Å². The minimum absolute atomic E-state index is 0.0183. The first-order valence-corrected chi connectivity index (χ1v) is 10.4. The molecule has 0 unspecified atom stereocenters. The van der Waals surface area contributed by atoms with Gasteiger partial charge in [0.15, 0.2) is 11.6 Å². The first-order chi connectivity index (χ1) is 13.9. The third-order valence-corrected chi connectivity index (χ3v) is 5.09. The molecule has 0 aliphatic heterocycles. The summed E-state index contributed by atoms with van der Waals surface area (Å²) in [5.41, 5.74) is 0.434. The van der Waals surface area contributed by atoms with E-state index < -0.39 is 17.8 Å². The number of esters is 1. The Kier molecular flexibility index (Phi) is 9.09. The van der Waals surface area contributed by atoms with E-state index >= 15 is 0 Å². The molecule has 0 bridgehead atoms. The fourth-order valence-corrected chi connectivity index (χ4v) is 3.43. The number of anilines is 1. The van der Waals surface area contributed by atoms with Gasteiger partial charge in [0.1, 0.15) is 6.04 Å². The summed E-state index contributed by atoms with van der Waals surface area (Å²) in [7, 11) is 0. The molecular formula is C22H32FN3O3. The third-order valence-electron chi connectivity index (χ3n) is 5.09. The number of rotatable bonds is 9. The normalized spacial score (nSPS) is 16.0. The SMILES string of the molecule is CCOC(=O)C=Cc1cnc(N[C@@H](C(=O)NCC2CCCCC2)C(C)C)c(F)c1. The number of pyridine rings is 1. The monoisotopic (exact) mass is 405 g/mol. The first kappa shape index (κ1) is 22.8. The van der Waals surface area contributed by atoms with Crippen molar-refractivity contribution in [3.8, 4) is 0 Å². The fraction of sp³-hybridized carbons (Fsp3) is 0.591. The zero-order valence-electron chi connectivity index (χ0n) is 17.5. The van der Waals surface area contributed by atoms with E-state index in [0.29, 0.717) is 18.0 Å².